The summed E-state index contributed by atoms with van der Waals surface area (Å²) >= 11 is 0. The van der Waals surface area contributed by atoms with E-state index in [0.29, 0.717) is 0 Å². The van der Waals surface area contributed by atoms with E-state index in [1.54, 1.807) is 0 Å². The summed E-state index contributed by atoms with van der Waals surface area (Å²) in [7, 11) is 2.85. The second-order valence-corrected chi connectivity index (χ2v) is 5.38. The van der Waals surface area contributed by atoms with Crippen molar-refractivity contribution in [3.05, 3.63) is 33.1 Å². The van der Waals surface area contributed by atoms with Crippen molar-refractivity contribution in [1.82, 2.24) is 13.9 Å². The Morgan fingerprint density at radius 1 is 1.11 bits per heavy atom. The van der Waals surface area contributed by atoms with Gasteiger partial charge in [-0.15, -0.1) is 0 Å². The van der Waals surface area contributed by atoms with Gasteiger partial charge in [-0.25, -0.2) is 23.5 Å². The second kappa shape index (κ2) is 3.09. The molecule has 7 heteroatoms. The predicted octanol–water partition coefficient (Wildman–Crippen LogP) is -0.951. The van der Waals surface area contributed by atoms with Crippen LogP contribution in [0.2, 0.25) is 0 Å². The van der Waals surface area contributed by atoms with Crippen molar-refractivity contribution >= 4 is 5.97 Å². The van der Waals surface area contributed by atoms with Crippen LogP contribution in [0.4, 0.5) is 0 Å². The van der Waals surface area contributed by atoms with Gasteiger partial charge >= 0.3 is 17.3 Å². The van der Waals surface area contributed by atoms with Crippen LogP contribution in [-0.4, -0.2) is 27.0 Å². The van der Waals surface area contributed by atoms with Crippen molar-refractivity contribution in [2.75, 3.05) is 7.11 Å². The number of carbonyl (C=O) groups excluding carboxylic acids is 1. The average Bonchev–Trinajstić information content (AvgIpc) is 3.15. The maximum absolute atomic E-state index is 12.1. The number of carbonyl (C=O) groups is 1. The Labute approximate surface area is 107 Å². The molecule has 0 N–H and O–H groups in total. The van der Waals surface area contributed by atoms with Crippen LogP contribution in [-0.2, 0) is 16.6 Å². The lowest BCUT2D eigenvalue weighted by Crippen LogP contribution is -2.40. The number of rotatable bonds is 1. The standard InChI is InChI=1S/C12H13N3O4/c1-13-11(17)14-5-3-4-6(15(14)12(13)18)8-7(5)9(8)10(16)19-2/h3-9H,1-2H3/t5-,6+,7+,8-,9?. The summed E-state index contributed by atoms with van der Waals surface area (Å²) in [4.78, 5) is 35.9. The van der Waals surface area contributed by atoms with Crippen LogP contribution in [0, 0.1) is 17.8 Å². The number of esters is 1. The fraction of sp³-hybridized carbons (Fsp3) is 0.583. The van der Waals surface area contributed by atoms with Gasteiger partial charge < -0.3 is 4.74 Å². The minimum absolute atomic E-state index is 0.0851. The zero-order valence-corrected chi connectivity index (χ0v) is 10.5. The summed E-state index contributed by atoms with van der Waals surface area (Å²) in [5, 5.41) is 0. The summed E-state index contributed by atoms with van der Waals surface area (Å²) in [6, 6.07) is -0.416. The minimum Gasteiger partial charge on any atom is -0.469 e. The molecule has 2 aliphatic heterocycles. The summed E-state index contributed by atoms with van der Waals surface area (Å²) in [6.45, 7) is 0. The third-order valence-electron chi connectivity index (χ3n) is 4.66. The molecule has 1 saturated carbocycles. The highest BCUT2D eigenvalue weighted by molar-refractivity contribution is 5.77. The van der Waals surface area contributed by atoms with Gasteiger partial charge in [0.05, 0.1) is 25.1 Å². The van der Waals surface area contributed by atoms with Crippen molar-refractivity contribution in [2.24, 2.45) is 24.8 Å². The monoisotopic (exact) mass is 263 g/mol. The van der Waals surface area contributed by atoms with Gasteiger partial charge in [-0.3, -0.25) is 4.79 Å². The van der Waals surface area contributed by atoms with E-state index in [0.717, 1.165) is 4.57 Å². The Bertz CT molecular complexity index is 686. The van der Waals surface area contributed by atoms with Gasteiger partial charge in [0.15, 0.2) is 0 Å². The highest BCUT2D eigenvalue weighted by atomic mass is 16.5. The van der Waals surface area contributed by atoms with E-state index in [-0.39, 0.29) is 47.2 Å². The Balaban J connectivity index is 1.89. The highest BCUT2D eigenvalue weighted by Gasteiger charge is 2.67. The Morgan fingerprint density at radius 2 is 1.58 bits per heavy atom. The molecule has 0 saturated heterocycles. The number of ether oxygens (including phenoxy) is 1. The van der Waals surface area contributed by atoms with Gasteiger partial charge in [0.25, 0.3) is 0 Å². The topological polar surface area (TPSA) is 75.2 Å². The van der Waals surface area contributed by atoms with Gasteiger partial charge in [0.2, 0.25) is 0 Å². The Kier molecular flexibility index (Phi) is 1.76. The van der Waals surface area contributed by atoms with Crippen molar-refractivity contribution in [1.29, 1.82) is 0 Å². The quantitative estimate of drug-likeness (QED) is 0.483. The molecule has 3 heterocycles. The van der Waals surface area contributed by atoms with E-state index in [2.05, 4.69) is 0 Å². The molecule has 19 heavy (non-hydrogen) atoms. The van der Waals surface area contributed by atoms with E-state index in [9.17, 15) is 14.4 Å². The van der Waals surface area contributed by atoms with Gasteiger partial charge in [0.1, 0.15) is 0 Å². The smallest absolute Gasteiger partial charge is 0.347 e. The molecule has 0 radical (unpaired) electrons. The van der Waals surface area contributed by atoms with Gasteiger partial charge in [-0.1, -0.05) is 12.2 Å². The lowest BCUT2D eigenvalue weighted by atomic mass is 9.96. The Hall–Kier alpha value is -2.05. The van der Waals surface area contributed by atoms with Crippen molar-refractivity contribution in [2.45, 2.75) is 12.1 Å². The predicted molar refractivity (Wildman–Crippen MR) is 63.6 cm³/mol. The van der Waals surface area contributed by atoms with Crippen LogP contribution in [0.1, 0.15) is 12.1 Å². The molecule has 0 spiro atoms. The SMILES string of the molecule is COC(=O)C1[C@@H]2[C@H]1[C@@H]1C=C[C@H]2n2c(=O)n(C)c(=O)n21. The zero-order chi connectivity index (χ0) is 13.5. The number of allylic oxidation sites excluding steroid dienone is 2. The highest BCUT2D eigenvalue weighted by Crippen LogP contribution is 2.63. The fourth-order valence-corrected chi connectivity index (χ4v) is 3.78. The maximum atomic E-state index is 12.1. The van der Waals surface area contributed by atoms with E-state index < -0.39 is 0 Å². The second-order valence-electron chi connectivity index (χ2n) is 5.38. The zero-order valence-electron chi connectivity index (χ0n) is 10.5. The van der Waals surface area contributed by atoms with Crippen LogP contribution in [0.25, 0.3) is 0 Å². The number of nitrogens with zero attached hydrogens (tertiary/aromatic N) is 3. The number of methoxy groups -OCH3 is 1. The lowest BCUT2D eigenvalue weighted by Gasteiger charge is -2.32. The number of hydrogen-bond acceptors (Lipinski definition) is 4. The largest absolute Gasteiger partial charge is 0.469 e. The van der Waals surface area contributed by atoms with Crippen LogP contribution in [0.5, 0.6) is 0 Å². The summed E-state index contributed by atoms with van der Waals surface area (Å²) < 4.78 is 8.89. The van der Waals surface area contributed by atoms with Gasteiger partial charge in [-0.2, -0.15) is 0 Å². The molecule has 5 atom stereocenters. The van der Waals surface area contributed by atoms with E-state index in [1.165, 1.54) is 23.5 Å². The summed E-state index contributed by atoms with van der Waals surface area (Å²) in [6.07, 6.45) is 3.85. The first-order chi connectivity index (χ1) is 9.07. The summed E-state index contributed by atoms with van der Waals surface area (Å²) in [5.74, 6) is -0.278. The first-order valence-corrected chi connectivity index (χ1v) is 6.24. The third-order valence-corrected chi connectivity index (χ3v) is 4.66. The molecule has 1 aromatic rings. The van der Waals surface area contributed by atoms with E-state index in [4.69, 9.17) is 4.74 Å². The number of aromatic nitrogens is 3. The van der Waals surface area contributed by atoms with Crippen LogP contribution >= 0.6 is 0 Å². The molecular formula is C12H13N3O4. The fourth-order valence-electron chi connectivity index (χ4n) is 3.78. The van der Waals surface area contributed by atoms with E-state index >= 15 is 0 Å². The molecule has 7 nitrogen and oxygen atoms in total. The molecular weight excluding hydrogens is 250 g/mol. The van der Waals surface area contributed by atoms with Crippen molar-refractivity contribution in [3.63, 3.8) is 0 Å². The van der Waals surface area contributed by atoms with Crippen LogP contribution in [0.3, 0.4) is 0 Å². The molecule has 100 valence electrons. The third kappa shape index (κ3) is 1.03. The molecule has 0 amide bonds. The van der Waals surface area contributed by atoms with E-state index in [1.807, 2.05) is 12.2 Å². The molecule has 1 fully saturated rings. The molecule has 1 aromatic heterocycles. The van der Waals surface area contributed by atoms with Gasteiger partial charge in [-0.05, 0) is 0 Å². The van der Waals surface area contributed by atoms with Crippen molar-refractivity contribution in [3.8, 4) is 0 Å². The Morgan fingerprint density at radius 3 is 2.00 bits per heavy atom. The molecule has 2 bridgehead atoms. The molecule has 2 aliphatic carbocycles. The molecule has 5 rings (SSSR count). The molecule has 4 aliphatic rings. The van der Waals surface area contributed by atoms with Gasteiger partial charge in [0, 0.05) is 18.9 Å². The molecule has 0 aromatic carbocycles. The lowest BCUT2D eigenvalue weighted by molar-refractivity contribution is -0.142. The average molecular weight is 263 g/mol. The first kappa shape index (κ1) is 10.8. The summed E-state index contributed by atoms with van der Waals surface area (Å²) in [5.41, 5.74) is -0.642. The normalized spacial score (nSPS) is 36.8. The first-order valence-electron chi connectivity index (χ1n) is 6.24. The van der Waals surface area contributed by atoms with Crippen LogP contribution < -0.4 is 11.4 Å². The molecule has 1 unspecified atom stereocenters. The minimum atomic E-state index is -0.321. The van der Waals surface area contributed by atoms with Crippen molar-refractivity contribution < 1.29 is 9.53 Å². The van der Waals surface area contributed by atoms with Crippen LogP contribution in [0.15, 0.2) is 21.7 Å². The number of hydrogen-bond donors (Lipinski definition) is 0. The maximum Gasteiger partial charge on any atom is 0.347 e.